The molecule has 5 aromatic rings. The minimum Gasteiger partial charge on any atom is -0.326 e. The number of hydrogen-bond acceptors (Lipinski definition) is 3. The van der Waals surface area contributed by atoms with Crippen LogP contribution in [-0.2, 0) is 26.2 Å². The Morgan fingerprint density at radius 2 is 1.23 bits per heavy atom. The van der Waals surface area contributed by atoms with Crippen LogP contribution in [0.4, 0.5) is 0 Å². The van der Waals surface area contributed by atoms with Crippen molar-refractivity contribution in [3.8, 4) is 22.6 Å². The van der Waals surface area contributed by atoms with Crippen LogP contribution in [0.1, 0.15) is 36.6 Å². The molecule has 0 amide bonds. The highest BCUT2D eigenvalue weighted by molar-refractivity contribution is 7.98. The Hall–Kier alpha value is -3.60. The van der Waals surface area contributed by atoms with Crippen LogP contribution in [0.25, 0.3) is 22.6 Å². The lowest BCUT2D eigenvalue weighted by Crippen LogP contribution is -2.24. The first-order valence-corrected chi connectivity index (χ1v) is 15.1. The van der Waals surface area contributed by atoms with Crippen molar-refractivity contribution < 1.29 is 0 Å². The first kappa shape index (κ1) is 27.0. The second kappa shape index (κ2) is 13.5. The first-order valence-electron chi connectivity index (χ1n) is 13.8. The lowest BCUT2D eigenvalue weighted by Gasteiger charge is -2.25. The largest absolute Gasteiger partial charge is 0.326 e. The molecule has 0 aliphatic rings. The molecule has 0 radical (unpaired) electrons. The van der Waals surface area contributed by atoms with Gasteiger partial charge in [-0.15, -0.1) is 11.8 Å². The SMILES string of the molecule is CCCCn1c(-c2ccccc2)nc(-c2ccccc2)c1CN(Cc1ccccc1)Cc1ccc(SC)cc1. The van der Waals surface area contributed by atoms with Crippen LogP contribution in [0, 0.1) is 0 Å². The van der Waals surface area contributed by atoms with Crippen LogP contribution >= 0.6 is 11.8 Å². The Kier molecular flexibility index (Phi) is 9.31. The van der Waals surface area contributed by atoms with Gasteiger partial charge in [-0.25, -0.2) is 4.98 Å². The summed E-state index contributed by atoms with van der Waals surface area (Å²) in [6.45, 7) is 5.78. The van der Waals surface area contributed by atoms with E-state index in [1.54, 1.807) is 11.8 Å². The van der Waals surface area contributed by atoms with E-state index in [1.807, 2.05) is 0 Å². The smallest absolute Gasteiger partial charge is 0.140 e. The van der Waals surface area contributed by atoms with E-state index in [0.29, 0.717) is 0 Å². The summed E-state index contributed by atoms with van der Waals surface area (Å²) in [5.74, 6) is 1.06. The molecule has 1 aromatic heterocycles. The molecule has 0 saturated carbocycles. The van der Waals surface area contributed by atoms with E-state index in [-0.39, 0.29) is 0 Å². The van der Waals surface area contributed by atoms with Crippen molar-refractivity contribution in [3.63, 3.8) is 0 Å². The molecule has 198 valence electrons. The maximum Gasteiger partial charge on any atom is 0.140 e. The van der Waals surface area contributed by atoms with Gasteiger partial charge in [0.25, 0.3) is 0 Å². The van der Waals surface area contributed by atoms with Crippen molar-refractivity contribution in [1.82, 2.24) is 14.5 Å². The van der Waals surface area contributed by atoms with Crippen LogP contribution in [0.3, 0.4) is 0 Å². The van der Waals surface area contributed by atoms with Gasteiger partial charge in [0.05, 0.1) is 11.4 Å². The molecule has 0 saturated heterocycles. The maximum atomic E-state index is 5.33. The first-order chi connectivity index (χ1) is 19.2. The quantitative estimate of drug-likeness (QED) is 0.150. The highest BCUT2D eigenvalue weighted by atomic mass is 32.2. The predicted molar refractivity (Wildman–Crippen MR) is 166 cm³/mol. The van der Waals surface area contributed by atoms with Crippen LogP contribution in [0.2, 0.25) is 0 Å². The molecule has 0 aliphatic carbocycles. The monoisotopic (exact) mass is 531 g/mol. The van der Waals surface area contributed by atoms with Crippen LogP contribution in [0.15, 0.2) is 120 Å². The normalized spacial score (nSPS) is 11.3. The highest BCUT2D eigenvalue weighted by Crippen LogP contribution is 2.32. The number of benzene rings is 4. The molecule has 0 bridgehead atoms. The predicted octanol–water partition coefficient (Wildman–Crippen LogP) is 8.94. The summed E-state index contributed by atoms with van der Waals surface area (Å²) < 4.78 is 2.48. The number of unbranched alkanes of at least 4 members (excludes halogenated alkanes) is 1. The molecule has 0 N–H and O–H groups in total. The molecule has 3 nitrogen and oxygen atoms in total. The topological polar surface area (TPSA) is 21.1 Å². The molecule has 5 rings (SSSR count). The average Bonchev–Trinajstić information content (AvgIpc) is 3.35. The van der Waals surface area contributed by atoms with E-state index in [0.717, 1.165) is 50.5 Å². The molecule has 0 atom stereocenters. The number of aromatic nitrogens is 2. The molecule has 39 heavy (non-hydrogen) atoms. The summed E-state index contributed by atoms with van der Waals surface area (Å²) in [5.41, 5.74) is 7.35. The zero-order valence-corrected chi connectivity index (χ0v) is 23.8. The van der Waals surface area contributed by atoms with E-state index < -0.39 is 0 Å². The Balaban J connectivity index is 1.59. The van der Waals surface area contributed by atoms with Crippen molar-refractivity contribution in [2.24, 2.45) is 0 Å². The maximum absolute atomic E-state index is 5.33. The van der Waals surface area contributed by atoms with Gasteiger partial charge < -0.3 is 4.57 Å². The van der Waals surface area contributed by atoms with Gasteiger partial charge in [0, 0.05) is 42.2 Å². The Labute approximate surface area is 237 Å². The van der Waals surface area contributed by atoms with E-state index in [2.05, 4.69) is 138 Å². The lowest BCUT2D eigenvalue weighted by molar-refractivity contribution is 0.241. The summed E-state index contributed by atoms with van der Waals surface area (Å²) in [5, 5.41) is 0. The van der Waals surface area contributed by atoms with Crippen molar-refractivity contribution in [1.29, 1.82) is 0 Å². The van der Waals surface area contributed by atoms with Gasteiger partial charge in [0.1, 0.15) is 5.82 Å². The van der Waals surface area contributed by atoms with E-state index >= 15 is 0 Å². The zero-order valence-electron chi connectivity index (χ0n) is 23.0. The van der Waals surface area contributed by atoms with Gasteiger partial charge in [-0.1, -0.05) is 116 Å². The second-order valence-electron chi connectivity index (χ2n) is 9.95. The van der Waals surface area contributed by atoms with Gasteiger partial charge in [0.2, 0.25) is 0 Å². The Bertz CT molecular complexity index is 1430. The van der Waals surface area contributed by atoms with E-state index in [1.165, 1.54) is 32.8 Å². The van der Waals surface area contributed by atoms with Crippen LogP contribution in [-0.4, -0.2) is 20.7 Å². The lowest BCUT2D eigenvalue weighted by atomic mass is 10.1. The molecule has 0 unspecified atom stereocenters. The zero-order chi connectivity index (χ0) is 26.9. The van der Waals surface area contributed by atoms with Crippen molar-refractivity contribution in [2.45, 2.75) is 50.8 Å². The number of hydrogen-bond donors (Lipinski definition) is 0. The minimum absolute atomic E-state index is 0.812. The second-order valence-corrected chi connectivity index (χ2v) is 10.8. The number of thioether (sulfide) groups is 1. The standard InChI is InChI=1S/C35H37N3S/c1-3-4-24-38-33(34(30-16-10-6-11-17-30)36-35(38)31-18-12-7-13-19-31)27-37(25-28-14-8-5-9-15-28)26-29-20-22-32(39-2)23-21-29/h5-23H,3-4,24-27H2,1-2H3. The van der Waals surface area contributed by atoms with Gasteiger partial charge >= 0.3 is 0 Å². The van der Waals surface area contributed by atoms with Gasteiger partial charge in [-0.3, -0.25) is 4.90 Å². The molecular formula is C35H37N3S. The fourth-order valence-electron chi connectivity index (χ4n) is 5.05. The van der Waals surface area contributed by atoms with Gasteiger partial charge in [-0.2, -0.15) is 0 Å². The molecule has 1 heterocycles. The van der Waals surface area contributed by atoms with E-state index in [4.69, 9.17) is 4.98 Å². The highest BCUT2D eigenvalue weighted by Gasteiger charge is 2.22. The van der Waals surface area contributed by atoms with Crippen molar-refractivity contribution >= 4 is 11.8 Å². The molecule has 0 fully saturated rings. The summed E-state index contributed by atoms with van der Waals surface area (Å²) in [6, 6.07) is 41.1. The van der Waals surface area contributed by atoms with Crippen LogP contribution < -0.4 is 0 Å². The third-order valence-corrected chi connectivity index (χ3v) is 7.82. The third kappa shape index (κ3) is 6.89. The third-order valence-electron chi connectivity index (χ3n) is 7.07. The minimum atomic E-state index is 0.812. The van der Waals surface area contributed by atoms with Crippen LogP contribution in [0.5, 0.6) is 0 Å². The summed E-state index contributed by atoms with van der Waals surface area (Å²) in [7, 11) is 0. The van der Waals surface area contributed by atoms with Crippen molar-refractivity contribution in [2.75, 3.05) is 6.26 Å². The Morgan fingerprint density at radius 1 is 0.667 bits per heavy atom. The fourth-order valence-corrected chi connectivity index (χ4v) is 5.46. The van der Waals surface area contributed by atoms with Gasteiger partial charge in [-0.05, 0) is 35.9 Å². The summed E-state index contributed by atoms with van der Waals surface area (Å²) in [4.78, 5) is 9.18. The average molecular weight is 532 g/mol. The Morgan fingerprint density at radius 3 is 1.82 bits per heavy atom. The molecule has 4 aromatic carbocycles. The van der Waals surface area contributed by atoms with Crippen molar-refractivity contribution in [3.05, 3.63) is 132 Å². The van der Waals surface area contributed by atoms with E-state index in [9.17, 15) is 0 Å². The molecule has 4 heteroatoms. The number of nitrogens with zero attached hydrogens (tertiary/aromatic N) is 3. The molecular weight excluding hydrogens is 494 g/mol. The number of imidazole rings is 1. The fraction of sp³-hybridized carbons (Fsp3) is 0.229. The molecule has 0 aliphatic heterocycles. The summed E-state index contributed by atoms with van der Waals surface area (Å²) >= 11 is 1.79. The van der Waals surface area contributed by atoms with Gasteiger partial charge in [0.15, 0.2) is 0 Å². The molecule has 0 spiro atoms. The number of rotatable bonds is 12. The summed E-state index contributed by atoms with van der Waals surface area (Å²) in [6.07, 6.45) is 4.39.